The number of carbonyl (C=O) groups is 1. The van der Waals surface area contributed by atoms with E-state index in [0.717, 1.165) is 0 Å². The van der Waals surface area contributed by atoms with Crippen molar-refractivity contribution in [2.75, 3.05) is 0 Å². The third kappa shape index (κ3) is 1.57. The van der Waals surface area contributed by atoms with Gasteiger partial charge in [0.25, 0.3) is 0 Å². The lowest BCUT2D eigenvalue weighted by atomic mass is 10.1. The van der Waals surface area contributed by atoms with E-state index < -0.39 is 5.97 Å². The molecule has 74 valence electrons. The summed E-state index contributed by atoms with van der Waals surface area (Å²) >= 11 is 0. The molecule has 0 aromatic carbocycles. The highest BCUT2D eigenvalue weighted by Crippen LogP contribution is 2.17. The zero-order valence-electron chi connectivity index (χ0n) is 7.84. The number of hydrogen-bond acceptors (Lipinski definition) is 3. The summed E-state index contributed by atoms with van der Waals surface area (Å²) in [6, 6.07) is 3.16. The first-order valence-corrected chi connectivity index (χ1v) is 4.33. The van der Waals surface area contributed by atoms with Gasteiger partial charge in [-0.2, -0.15) is 0 Å². The molecule has 0 aliphatic carbocycles. The second-order valence-electron chi connectivity index (χ2n) is 3.00. The first-order valence-electron chi connectivity index (χ1n) is 4.33. The fourth-order valence-electron chi connectivity index (χ4n) is 1.37. The van der Waals surface area contributed by atoms with E-state index in [9.17, 15) is 4.79 Å². The van der Waals surface area contributed by atoms with E-state index in [0.29, 0.717) is 16.6 Å². The maximum absolute atomic E-state index is 11.0. The molecule has 0 saturated carbocycles. The summed E-state index contributed by atoms with van der Waals surface area (Å²) in [7, 11) is 0. The molecule has 0 amide bonds. The Kier molecular flexibility index (Phi) is 2.17. The Balaban J connectivity index is 2.86. The summed E-state index contributed by atoms with van der Waals surface area (Å²) in [6.45, 7) is 3.57. The van der Waals surface area contributed by atoms with Gasteiger partial charge >= 0.3 is 5.97 Å². The van der Waals surface area contributed by atoms with Gasteiger partial charge in [-0.1, -0.05) is 6.58 Å². The Hall–Kier alpha value is -2.23. The van der Waals surface area contributed by atoms with Crippen molar-refractivity contribution in [1.82, 2.24) is 9.97 Å². The minimum atomic E-state index is -0.987. The Bertz CT molecular complexity index is 549. The van der Waals surface area contributed by atoms with Gasteiger partial charge in [0.05, 0.1) is 16.8 Å². The third-order valence-corrected chi connectivity index (χ3v) is 2.07. The second-order valence-corrected chi connectivity index (χ2v) is 3.00. The topological polar surface area (TPSA) is 63.1 Å². The van der Waals surface area contributed by atoms with Gasteiger partial charge in [-0.3, -0.25) is 4.98 Å². The molecule has 0 radical (unpaired) electrons. The van der Waals surface area contributed by atoms with Gasteiger partial charge in [0.2, 0.25) is 0 Å². The monoisotopic (exact) mass is 200 g/mol. The molecule has 2 aromatic heterocycles. The first kappa shape index (κ1) is 9.33. The molecule has 0 bridgehead atoms. The number of aromatic carboxylic acids is 1. The van der Waals surface area contributed by atoms with Crippen LogP contribution in [0, 0.1) is 0 Å². The van der Waals surface area contributed by atoms with Crippen LogP contribution in [0.4, 0.5) is 0 Å². The highest BCUT2D eigenvalue weighted by molar-refractivity contribution is 6.02. The van der Waals surface area contributed by atoms with Crippen LogP contribution in [0.15, 0.2) is 31.1 Å². The van der Waals surface area contributed by atoms with Crippen molar-refractivity contribution < 1.29 is 9.90 Å². The minimum Gasteiger partial charge on any atom is -0.478 e. The number of nitrogens with zero attached hydrogens (tertiary/aromatic N) is 2. The van der Waals surface area contributed by atoms with Gasteiger partial charge in [-0.15, -0.1) is 0 Å². The van der Waals surface area contributed by atoms with Gasteiger partial charge in [0.15, 0.2) is 0 Å². The molecule has 0 spiro atoms. The van der Waals surface area contributed by atoms with Gasteiger partial charge in [0, 0.05) is 17.8 Å². The van der Waals surface area contributed by atoms with Crippen LogP contribution in [0.3, 0.4) is 0 Å². The average Bonchev–Trinajstić information content (AvgIpc) is 2.27. The van der Waals surface area contributed by atoms with Crippen LogP contribution < -0.4 is 0 Å². The van der Waals surface area contributed by atoms with Crippen LogP contribution >= 0.6 is 0 Å². The summed E-state index contributed by atoms with van der Waals surface area (Å²) in [5, 5.41) is 9.55. The third-order valence-electron chi connectivity index (χ3n) is 2.07. The number of pyridine rings is 2. The van der Waals surface area contributed by atoms with Crippen LogP contribution in [0.5, 0.6) is 0 Å². The number of aromatic nitrogens is 2. The largest absolute Gasteiger partial charge is 0.478 e. The van der Waals surface area contributed by atoms with Gasteiger partial charge < -0.3 is 5.11 Å². The number of hydrogen-bond donors (Lipinski definition) is 1. The number of carboxylic acids is 1. The summed E-state index contributed by atoms with van der Waals surface area (Å²) in [5.41, 5.74) is 1.36. The van der Waals surface area contributed by atoms with Crippen LogP contribution in [0.1, 0.15) is 16.1 Å². The number of rotatable bonds is 2. The van der Waals surface area contributed by atoms with E-state index in [1.807, 2.05) is 0 Å². The van der Waals surface area contributed by atoms with E-state index in [1.54, 1.807) is 12.3 Å². The molecule has 2 rings (SSSR count). The second kappa shape index (κ2) is 3.49. The number of fused-ring (bicyclic) bond motifs is 1. The van der Waals surface area contributed by atoms with Gasteiger partial charge in [-0.05, 0) is 18.2 Å². The van der Waals surface area contributed by atoms with Gasteiger partial charge in [-0.25, -0.2) is 9.78 Å². The lowest BCUT2D eigenvalue weighted by Gasteiger charge is -2.02. The van der Waals surface area contributed by atoms with Crippen LogP contribution in [0.25, 0.3) is 17.0 Å². The normalized spacial score (nSPS) is 10.1. The van der Waals surface area contributed by atoms with E-state index in [2.05, 4.69) is 16.5 Å². The maximum atomic E-state index is 11.0. The van der Waals surface area contributed by atoms with Crippen molar-refractivity contribution in [3.8, 4) is 0 Å². The fraction of sp³-hybridized carbons (Fsp3) is 0. The molecule has 0 fully saturated rings. The maximum Gasteiger partial charge on any atom is 0.336 e. The van der Waals surface area contributed by atoms with Crippen molar-refractivity contribution in [3.63, 3.8) is 0 Å². The van der Waals surface area contributed by atoms with Crippen molar-refractivity contribution in [2.24, 2.45) is 0 Å². The zero-order chi connectivity index (χ0) is 10.8. The van der Waals surface area contributed by atoms with E-state index in [1.165, 1.54) is 18.3 Å². The molecular weight excluding hydrogens is 192 g/mol. The summed E-state index contributed by atoms with van der Waals surface area (Å²) in [5.74, 6) is -0.987. The lowest BCUT2D eigenvalue weighted by Crippen LogP contribution is -2.00. The Labute approximate surface area is 85.9 Å². The zero-order valence-corrected chi connectivity index (χ0v) is 7.84. The molecule has 0 saturated heterocycles. The quantitative estimate of drug-likeness (QED) is 0.804. The Morgan fingerprint density at radius 2 is 2.33 bits per heavy atom. The van der Waals surface area contributed by atoms with Crippen LogP contribution in [0.2, 0.25) is 0 Å². The van der Waals surface area contributed by atoms with E-state index in [4.69, 9.17) is 5.11 Å². The van der Waals surface area contributed by atoms with Crippen molar-refractivity contribution >= 4 is 22.9 Å². The summed E-state index contributed by atoms with van der Waals surface area (Å²) < 4.78 is 0. The molecule has 4 heteroatoms. The molecule has 2 heterocycles. The van der Waals surface area contributed by atoms with E-state index >= 15 is 0 Å². The molecule has 2 aromatic rings. The predicted octanol–water partition coefficient (Wildman–Crippen LogP) is 1.97. The minimum absolute atomic E-state index is 0.197. The molecule has 0 aliphatic heterocycles. The Morgan fingerprint density at radius 3 is 3.00 bits per heavy atom. The van der Waals surface area contributed by atoms with Crippen molar-refractivity contribution in [1.29, 1.82) is 0 Å². The van der Waals surface area contributed by atoms with Crippen LogP contribution in [-0.2, 0) is 0 Å². The smallest absolute Gasteiger partial charge is 0.336 e. The molecule has 0 atom stereocenters. The highest BCUT2D eigenvalue weighted by atomic mass is 16.4. The molecule has 4 nitrogen and oxygen atoms in total. The Morgan fingerprint density at radius 1 is 1.53 bits per heavy atom. The average molecular weight is 200 g/mol. The highest BCUT2D eigenvalue weighted by Gasteiger charge is 2.10. The fourth-order valence-corrected chi connectivity index (χ4v) is 1.37. The molecule has 0 unspecified atom stereocenters. The number of carboxylic acid groups (broad SMARTS) is 1. The molecular formula is C11H8N2O2. The predicted molar refractivity (Wildman–Crippen MR) is 56.6 cm³/mol. The van der Waals surface area contributed by atoms with Crippen molar-refractivity contribution in [3.05, 3.63) is 42.4 Å². The summed E-state index contributed by atoms with van der Waals surface area (Å²) in [6.07, 6.45) is 4.60. The molecule has 0 aliphatic rings. The SMILES string of the molecule is C=Cc1cc(C(=O)O)c2cnccc2n1. The van der Waals surface area contributed by atoms with Gasteiger partial charge in [0.1, 0.15) is 0 Å². The van der Waals surface area contributed by atoms with Crippen molar-refractivity contribution in [2.45, 2.75) is 0 Å². The summed E-state index contributed by atoms with van der Waals surface area (Å²) in [4.78, 5) is 19.1. The molecule has 1 N–H and O–H groups in total. The molecule has 15 heavy (non-hydrogen) atoms. The lowest BCUT2D eigenvalue weighted by molar-refractivity contribution is 0.0699. The standard InChI is InChI=1S/C11H8N2O2/c1-2-7-5-8(11(14)15)9-6-12-4-3-10(9)13-7/h2-6H,1H2,(H,14,15). The van der Waals surface area contributed by atoms with Crippen LogP contribution in [-0.4, -0.2) is 21.0 Å². The first-order chi connectivity index (χ1) is 7.22. The van der Waals surface area contributed by atoms with E-state index in [-0.39, 0.29) is 5.56 Å².